The molecule has 1 heterocycles. The summed E-state index contributed by atoms with van der Waals surface area (Å²) < 4.78 is 19.4. The van der Waals surface area contributed by atoms with Crippen LogP contribution in [-0.4, -0.2) is 23.7 Å². The van der Waals surface area contributed by atoms with Crippen LogP contribution >= 0.6 is 15.9 Å². The molecule has 2 N–H and O–H groups in total. The summed E-state index contributed by atoms with van der Waals surface area (Å²) in [5.74, 6) is -0.144. The van der Waals surface area contributed by atoms with Gasteiger partial charge >= 0.3 is 0 Å². The van der Waals surface area contributed by atoms with Crippen molar-refractivity contribution >= 4 is 21.8 Å². The van der Waals surface area contributed by atoms with E-state index in [9.17, 15) is 14.3 Å². The fourth-order valence-corrected chi connectivity index (χ4v) is 2.94. The molecule has 1 aliphatic rings. The summed E-state index contributed by atoms with van der Waals surface area (Å²) in [6, 6.07) is 10.1. The number of amides is 1. The maximum absolute atomic E-state index is 13.0. The molecule has 0 aliphatic carbocycles. The lowest BCUT2D eigenvalue weighted by Gasteiger charge is -2.23. The number of aliphatic hydroxyl groups is 1. The minimum Gasteiger partial charge on any atom is -0.493 e. The number of benzene rings is 2. The molecular weight excluding hydrogens is 365 g/mol. The number of rotatable bonds is 2. The number of fused-ring (bicyclic) bond motifs is 1. The van der Waals surface area contributed by atoms with Crippen LogP contribution in [0, 0.1) is 5.82 Å². The van der Waals surface area contributed by atoms with Crippen molar-refractivity contribution in [3.05, 3.63) is 63.9 Å². The number of halogens is 2. The number of carbonyl (C=O) groups is 1. The van der Waals surface area contributed by atoms with Gasteiger partial charge in [-0.15, -0.1) is 0 Å². The lowest BCUT2D eigenvalue weighted by molar-refractivity contribution is 0.0805. The van der Waals surface area contributed by atoms with Gasteiger partial charge in [0.05, 0.1) is 18.8 Å². The summed E-state index contributed by atoms with van der Waals surface area (Å²) in [6.07, 6.45) is -0.365. The SMILES string of the molecule is O=C(N[C@H]1c2cc(Br)ccc2OCC[C@@H]1O)c1ccc(F)cc1. The van der Waals surface area contributed by atoms with Crippen molar-refractivity contribution in [3.8, 4) is 5.75 Å². The van der Waals surface area contributed by atoms with Gasteiger partial charge in [-0.25, -0.2) is 4.39 Å². The molecule has 0 unspecified atom stereocenters. The average molecular weight is 380 g/mol. The van der Waals surface area contributed by atoms with Gasteiger partial charge in [0.25, 0.3) is 5.91 Å². The van der Waals surface area contributed by atoms with E-state index in [4.69, 9.17) is 4.74 Å². The molecule has 120 valence electrons. The summed E-state index contributed by atoms with van der Waals surface area (Å²) in [7, 11) is 0. The molecular formula is C17H15BrFNO3. The zero-order chi connectivity index (χ0) is 16.4. The van der Waals surface area contributed by atoms with Gasteiger partial charge < -0.3 is 15.2 Å². The Bertz CT molecular complexity index is 720. The van der Waals surface area contributed by atoms with Crippen LogP contribution in [0.25, 0.3) is 0 Å². The number of hydrogen-bond acceptors (Lipinski definition) is 3. The third-order valence-corrected chi connectivity index (χ3v) is 4.25. The molecule has 4 nitrogen and oxygen atoms in total. The lowest BCUT2D eigenvalue weighted by Crippen LogP contribution is -2.36. The summed E-state index contributed by atoms with van der Waals surface area (Å²) >= 11 is 3.39. The van der Waals surface area contributed by atoms with Gasteiger partial charge in [-0.05, 0) is 42.5 Å². The van der Waals surface area contributed by atoms with Crippen LogP contribution < -0.4 is 10.1 Å². The van der Waals surface area contributed by atoms with E-state index in [1.165, 1.54) is 24.3 Å². The van der Waals surface area contributed by atoms with E-state index < -0.39 is 18.0 Å². The quantitative estimate of drug-likeness (QED) is 0.842. The van der Waals surface area contributed by atoms with Crippen LogP contribution in [0.1, 0.15) is 28.4 Å². The first-order chi connectivity index (χ1) is 11.0. The first-order valence-corrected chi connectivity index (χ1v) is 8.00. The van der Waals surface area contributed by atoms with Crippen molar-refractivity contribution in [2.45, 2.75) is 18.6 Å². The Morgan fingerprint density at radius 3 is 2.74 bits per heavy atom. The highest BCUT2D eigenvalue weighted by atomic mass is 79.9. The standard InChI is InChI=1S/C17H15BrFNO3/c18-11-3-6-15-13(9-11)16(14(21)7-8-23-15)20-17(22)10-1-4-12(19)5-2-10/h1-6,9,14,16,21H,7-8H2,(H,20,22)/t14-,16-/m0/s1. The minimum atomic E-state index is -0.769. The van der Waals surface area contributed by atoms with E-state index in [0.29, 0.717) is 29.9 Å². The summed E-state index contributed by atoms with van der Waals surface area (Å²) in [5, 5.41) is 13.2. The number of aliphatic hydroxyl groups excluding tert-OH is 1. The molecule has 2 aromatic rings. The second-order valence-electron chi connectivity index (χ2n) is 5.34. The van der Waals surface area contributed by atoms with Gasteiger partial charge in [0, 0.05) is 22.0 Å². The Labute approximate surface area is 141 Å². The monoisotopic (exact) mass is 379 g/mol. The molecule has 3 rings (SSSR count). The van der Waals surface area contributed by atoms with Crippen molar-refractivity contribution in [1.29, 1.82) is 0 Å². The molecule has 1 aliphatic heterocycles. The lowest BCUT2D eigenvalue weighted by atomic mass is 9.99. The molecule has 2 aromatic carbocycles. The molecule has 0 aromatic heterocycles. The van der Waals surface area contributed by atoms with Gasteiger partial charge in [0.15, 0.2) is 0 Å². The van der Waals surface area contributed by atoms with Gasteiger partial charge in [0.1, 0.15) is 11.6 Å². The van der Waals surface area contributed by atoms with Crippen LogP contribution in [-0.2, 0) is 0 Å². The first-order valence-electron chi connectivity index (χ1n) is 7.21. The number of hydrogen-bond donors (Lipinski definition) is 2. The Balaban J connectivity index is 1.89. The molecule has 0 saturated carbocycles. The molecule has 0 spiro atoms. The smallest absolute Gasteiger partial charge is 0.251 e. The molecule has 0 radical (unpaired) electrons. The Kier molecular flexibility index (Phi) is 4.63. The van der Waals surface area contributed by atoms with Crippen LogP contribution in [0.15, 0.2) is 46.9 Å². The predicted molar refractivity (Wildman–Crippen MR) is 86.9 cm³/mol. The summed E-state index contributed by atoms with van der Waals surface area (Å²) in [4.78, 5) is 12.4. The third-order valence-electron chi connectivity index (χ3n) is 3.76. The second kappa shape index (κ2) is 6.68. The number of nitrogens with one attached hydrogen (secondary N) is 1. The topological polar surface area (TPSA) is 58.6 Å². The fourth-order valence-electron chi connectivity index (χ4n) is 2.56. The highest BCUT2D eigenvalue weighted by molar-refractivity contribution is 9.10. The molecule has 2 atom stereocenters. The summed E-state index contributed by atoms with van der Waals surface area (Å²) in [6.45, 7) is 0.374. The van der Waals surface area contributed by atoms with Crippen molar-refractivity contribution in [1.82, 2.24) is 5.32 Å². The van der Waals surface area contributed by atoms with Crippen LogP contribution in [0.4, 0.5) is 4.39 Å². The van der Waals surface area contributed by atoms with Crippen LogP contribution in [0.2, 0.25) is 0 Å². The Hall–Kier alpha value is -1.92. The average Bonchev–Trinajstić information content (AvgIpc) is 2.68. The molecule has 1 amide bonds. The zero-order valence-corrected chi connectivity index (χ0v) is 13.7. The van der Waals surface area contributed by atoms with Gasteiger partial charge in [0.2, 0.25) is 0 Å². The second-order valence-corrected chi connectivity index (χ2v) is 6.26. The van der Waals surface area contributed by atoms with Gasteiger partial charge in [-0.1, -0.05) is 15.9 Å². The summed E-state index contributed by atoms with van der Waals surface area (Å²) in [5.41, 5.74) is 1.04. The van der Waals surface area contributed by atoms with Crippen molar-refractivity contribution in [2.24, 2.45) is 0 Å². The number of carbonyl (C=O) groups excluding carboxylic acids is 1. The number of ether oxygens (including phenoxy) is 1. The van der Waals surface area contributed by atoms with E-state index in [2.05, 4.69) is 21.2 Å². The van der Waals surface area contributed by atoms with E-state index in [1.54, 1.807) is 6.07 Å². The maximum Gasteiger partial charge on any atom is 0.251 e. The van der Waals surface area contributed by atoms with E-state index in [-0.39, 0.29) is 5.91 Å². The largest absolute Gasteiger partial charge is 0.493 e. The minimum absolute atomic E-state index is 0.334. The molecule has 0 saturated heterocycles. The molecule has 23 heavy (non-hydrogen) atoms. The fraction of sp³-hybridized carbons (Fsp3) is 0.235. The normalized spacial score (nSPS) is 20.1. The van der Waals surface area contributed by atoms with Crippen LogP contribution in [0.5, 0.6) is 5.75 Å². The maximum atomic E-state index is 13.0. The highest BCUT2D eigenvalue weighted by Crippen LogP contribution is 2.34. The van der Waals surface area contributed by atoms with Crippen LogP contribution in [0.3, 0.4) is 0 Å². The predicted octanol–water partition coefficient (Wildman–Crippen LogP) is 3.20. The Morgan fingerprint density at radius 2 is 2.00 bits per heavy atom. The molecule has 0 fully saturated rings. The zero-order valence-electron chi connectivity index (χ0n) is 12.1. The highest BCUT2D eigenvalue weighted by Gasteiger charge is 2.29. The first kappa shape index (κ1) is 16.0. The van der Waals surface area contributed by atoms with Crippen molar-refractivity contribution < 1.29 is 19.0 Å². The molecule has 0 bridgehead atoms. The van der Waals surface area contributed by atoms with Crippen molar-refractivity contribution in [3.63, 3.8) is 0 Å². The molecule has 6 heteroatoms. The van der Waals surface area contributed by atoms with Gasteiger partial charge in [-0.3, -0.25) is 4.79 Å². The van der Waals surface area contributed by atoms with Gasteiger partial charge in [-0.2, -0.15) is 0 Å². The van der Waals surface area contributed by atoms with E-state index in [0.717, 1.165) is 4.47 Å². The third kappa shape index (κ3) is 3.54. The van der Waals surface area contributed by atoms with Crippen molar-refractivity contribution in [2.75, 3.05) is 6.61 Å². The van der Waals surface area contributed by atoms with E-state index in [1.807, 2.05) is 12.1 Å². The van der Waals surface area contributed by atoms with E-state index >= 15 is 0 Å². The Morgan fingerprint density at radius 1 is 1.26 bits per heavy atom.